The highest BCUT2D eigenvalue weighted by Gasteiger charge is 2.42. The molecule has 1 saturated carbocycles. The Balaban J connectivity index is 1.60. The van der Waals surface area contributed by atoms with Gasteiger partial charge in [-0.05, 0) is 60.2 Å². The third kappa shape index (κ3) is 7.91. The van der Waals surface area contributed by atoms with Gasteiger partial charge in [-0.3, -0.25) is 14.4 Å². The molecule has 1 aromatic heterocycles. The Morgan fingerprint density at radius 2 is 1.80 bits per heavy atom. The second kappa shape index (κ2) is 13.1. The molecular weight excluding hydrogens is 540 g/mol. The van der Waals surface area contributed by atoms with E-state index < -0.39 is 23.8 Å². The van der Waals surface area contributed by atoms with Gasteiger partial charge in [0.2, 0.25) is 23.3 Å². The van der Waals surface area contributed by atoms with Gasteiger partial charge in [-0.15, -0.1) is 0 Å². The van der Waals surface area contributed by atoms with Gasteiger partial charge >= 0.3 is 0 Å². The Kier molecular flexibility index (Phi) is 9.58. The number of rotatable bonds is 11. The molecule has 40 heavy (non-hydrogen) atoms. The number of nitrogens with zero attached hydrogens (tertiary/aromatic N) is 1. The highest BCUT2D eigenvalue weighted by Crippen LogP contribution is 2.40. The van der Waals surface area contributed by atoms with E-state index in [4.69, 9.17) is 16.3 Å². The molecule has 2 aromatic carbocycles. The van der Waals surface area contributed by atoms with Crippen molar-refractivity contribution in [3.8, 4) is 5.75 Å². The molecule has 4 rings (SSSR count). The zero-order chi connectivity index (χ0) is 28.7. The van der Waals surface area contributed by atoms with Crippen LogP contribution in [0, 0.1) is 5.92 Å². The van der Waals surface area contributed by atoms with Crippen LogP contribution in [0.5, 0.6) is 5.75 Å². The fourth-order valence-electron chi connectivity index (χ4n) is 4.97. The quantitative estimate of drug-likeness (QED) is 0.327. The van der Waals surface area contributed by atoms with Crippen LogP contribution in [0.25, 0.3) is 0 Å². The van der Waals surface area contributed by atoms with Crippen LogP contribution >= 0.6 is 11.6 Å². The van der Waals surface area contributed by atoms with E-state index in [2.05, 4.69) is 10.3 Å². The number of carbonyl (C=O) groups excluding carboxylic acids is 2. The summed E-state index contributed by atoms with van der Waals surface area (Å²) >= 11 is 5.96. The number of amides is 2. The van der Waals surface area contributed by atoms with Crippen molar-refractivity contribution in [1.82, 2.24) is 15.2 Å². The van der Waals surface area contributed by atoms with E-state index in [0.717, 1.165) is 11.1 Å². The number of benzene rings is 2. The maximum atomic E-state index is 14.1. The lowest BCUT2D eigenvalue weighted by Gasteiger charge is -2.33. The van der Waals surface area contributed by atoms with Crippen molar-refractivity contribution in [1.29, 1.82) is 0 Å². The number of aromatic amines is 1. The van der Waals surface area contributed by atoms with Crippen LogP contribution in [-0.4, -0.2) is 41.3 Å². The van der Waals surface area contributed by atoms with E-state index in [-0.39, 0.29) is 50.2 Å². The van der Waals surface area contributed by atoms with E-state index in [1.54, 1.807) is 43.5 Å². The molecule has 2 N–H and O–H groups in total. The first-order valence-electron chi connectivity index (χ1n) is 13.1. The maximum absolute atomic E-state index is 14.1. The number of halogens is 3. The molecule has 0 saturated heterocycles. The van der Waals surface area contributed by atoms with Gasteiger partial charge < -0.3 is 19.9 Å². The zero-order valence-corrected chi connectivity index (χ0v) is 22.9. The number of carbonyl (C=O) groups is 2. The molecule has 7 nitrogen and oxygen atoms in total. The summed E-state index contributed by atoms with van der Waals surface area (Å²) in [6.07, 6.45) is 1.50. The van der Waals surface area contributed by atoms with E-state index in [9.17, 15) is 23.2 Å². The van der Waals surface area contributed by atoms with Gasteiger partial charge in [0.25, 0.3) is 0 Å². The molecule has 0 spiro atoms. The van der Waals surface area contributed by atoms with Crippen molar-refractivity contribution in [2.75, 3.05) is 13.7 Å². The number of hydrogen-bond donors (Lipinski definition) is 2. The lowest BCUT2D eigenvalue weighted by Crippen LogP contribution is -2.45. The molecule has 3 aromatic rings. The topological polar surface area (TPSA) is 91.5 Å². The highest BCUT2D eigenvalue weighted by molar-refractivity contribution is 6.30. The van der Waals surface area contributed by atoms with Crippen LogP contribution in [-0.2, 0) is 22.6 Å². The number of ether oxygens (including phenoxy) is 1. The molecule has 0 radical (unpaired) electrons. The summed E-state index contributed by atoms with van der Waals surface area (Å²) in [6, 6.07) is 15.9. The van der Waals surface area contributed by atoms with E-state index in [1.165, 1.54) is 23.2 Å². The molecule has 212 valence electrons. The summed E-state index contributed by atoms with van der Waals surface area (Å²) in [5.74, 6) is -3.40. The number of pyridine rings is 1. The number of aryl methyl sites for hydroxylation is 1. The van der Waals surface area contributed by atoms with Crippen molar-refractivity contribution in [2.45, 2.75) is 50.6 Å². The predicted molar refractivity (Wildman–Crippen MR) is 148 cm³/mol. The van der Waals surface area contributed by atoms with Crippen molar-refractivity contribution < 1.29 is 23.1 Å². The van der Waals surface area contributed by atoms with Crippen LogP contribution in [0.2, 0.25) is 5.02 Å². The number of methoxy groups -OCH3 is 1. The Morgan fingerprint density at radius 1 is 1.10 bits per heavy atom. The first kappa shape index (κ1) is 29.3. The minimum atomic E-state index is -2.80. The van der Waals surface area contributed by atoms with Crippen LogP contribution in [0.15, 0.2) is 71.7 Å². The fourth-order valence-corrected chi connectivity index (χ4v) is 5.09. The Bertz CT molecular complexity index is 1340. The number of nitrogens with one attached hydrogen (secondary N) is 2. The fraction of sp³-hybridized carbons (Fsp3) is 0.367. The Hall–Kier alpha value is -3.72. The number of hydrogen-bond acceptors (Lipinski definition) is 4. The van der Waals surface area contributed by atoms with Crippen LogP contribution < -0.4 is 15.6 Å². The monoisotopic (exact) mass is 571 g/mol. The molecule has 0 aliphatic heterocycles. The van der Waals surface area contributed by atoms with Gasteiger partial charge in [0.15, 0.2) is 0 Å². The molecule has 1 aliphatic carbocycles. The van der Waals surface area contributed by atoms with E-state index in [1.807, 2.05) is 12.1 Å². The van der Waals surface area contributed by atoms with Crippen molar-refractivity contribution in [3.63, 3.8) is 0 Å². The molecular formula is C30H32ClF2N3O4. The van der Waals surface area contributed by atoms with Gasteiger partial charge in [0, 0.05) is 55.2 Å². The average molecular weight is 572 g/mol. The first-order valence-corrected chi connectivity index (χ1v) is 13.5. The van der Waals surface area contributed by atoms with E-state index >= 15 is 0 Å². The Labute approximate surface area is 236 Å². The molecule has 2 unspecified atom stereocenters. The van der Waals surface area contributed by atoms with Crippen molar-refractivity contribution in [3.05, 3.63) is 98.9 Å². The summed E-state index contributed by atoms with van der Waals surface area (Å²) in [7, 11) is 1.57. The smallest absolute Gasteiger partial charge is 0.248 e. The van der Waals surface area contributed by atoms with Crippen LogP contribution in [0.1, 0.15) is 48.4 Å². The van der Waals surface area contributed by atoms with Crippen LogP contribution in [0.4, 0.5) is 8.78 Å². The number of H-pyrrole nitrogens is 1. The van der Waals surface area contributed by atoms with Gasteiger partial charge in [0.1, 0.15) is 11.8 Å². The summed E-state index contributed by atoms with van der Waals surface area (Å²) in [6.45, 7) is 0.167. The number of aromatic nitrogens is 1. The number of alkyl halides is 2. The van der Waals surface area contributed by atoms with Gasteiger partial charge in [-0.25, -0.2) is 8.78 Å². The highest BCUT2D eigenvalue weighted by atomic mass is 35.5. The second-order valence-electron chi connectivity index (χ2n) is 10.1. The average Bonchev–Trinajstić information content (AvgIpc) is 3.30. The van der Waals surface area contributed by atoms with Crippen molar-refractivity contribution >= 4 is 23.4 Å². The molecule has 1 fully saturated rings. The van der Waals surface area contributed by atoms with Gasteiger partial charge in [-0.1, -0.05) is 35.9 Å². The van der Waals surface area contributed by atoms with E-state index in [0.29, 0.717) is 22.8 Å². The predicted octanol–water partition coefficient (Wildman–Crippen LogP) is 5.29. The van der Waals surface area contributed by atoms with Crippen molar-refractivity contribution in [2.24, 2.45) is 5.92 Å². The lowest BCUT2D eigenvalue weighted by molar-refractivity contribution is -0.141. The lowest BCUT2D eigenvalue weighted by atomic mass is 10.00. The molecule has 1 aliphatic rings. The molecule has 0 bridgehead atoms. The van der Waals surface area contributed by atoms with Gasteiger partial charge in [0.05, 0.1) is 7.11 Å². The summed E-state index contributed by atoms with van der Waals surface area (Å²) in [5.41, 5.74) is 1.72. The maximum Gasteiger partial charge on any atom is 0.248 e. The molecule has 1 heterocycles. The summed E-state index contributed by atoms with van der Waals surface area (Å²) in [5, 5.41) is 3.42. The SMILES string of the molecule is COc1ccc(CCC(=O)N(CC2CCC(F)(F)C2)C(C(=O)NCc2ccc(Cl)cc2)c2ccc(=O)[nH]c2)cc1. The largest absolute Gasteiger partial charge is 0.497 e. The van der Waals surface area contributed by atoms with Gasteiger partial charge in [-0.2, -0.15) is 0 Å². The van der Waals surface area contributed by atoms with Crippen LogP contribution in [0.3, 0.4) is 0 Å². The molecule has 2 atom stereocenters. The Morgan fingerprint density at radius 3 is 2.40 bits per heavy atom. The summed E-state index contributed by atoms with van der Waals surface area (Å²) < 4.78 is 33.4. The minimum Gasteiger partial charge on any atom is -0.497 e. The third-order valence-corrected chi connectivity index (χ3v) is 7.38. The third-order valence-electron chi connectivity index (χ3n) is 7.13. The molecule has 2 amide bonds. The summed E-state index contributed by atoms with van der Waals surface area (Å²) in [4.78, 5) is 43.1. The second-order valence-corrected chi connectivity index (χ2v) is 10.5. The first-order chi connectivity index (χ1) is 19.1. The standard InChI is InChI=1S/C30H32ClF2N3O4/c1-40-25-10-4-20(5-11-25)6-13-27(38)36(19-22-14-15-30(32,33)16-22)28(23-7-12-26(37)34-18-23)29(39)35-17-21-2-8-24(31)9-3-21/h2-5,7-12,18,22,28H,6,13-17,19H2,1H3,(H,34,37)(H,35,39). The zero-order valence-electron chi connectivity index (χ0n) is 22.2. The minimum absolute atomic E-state index is 0.00477. The normalized spacial score (nSPS) is 16.8. The molecule has 10 heteroatoms.